The van der Waals surface area contributed by atoms with Gasteiger partial charge in [-0.1, -0.05) is 49.4 Å². The lowest BCUT2D eigenvalue weighted by atomic mass is 10.1. The van der Waals surface area contributed by atoms with Crippen LogP contribution in [0.5, 0.6) is 5.75 Å². The second kappa shape index (κ2) is 8.91. The first-order valence-electron chi connectivity index (χ1n) is 9.13. The van der Waals surface area contributed by atoms with Gasteiger partial charge < -0.3 is 4.74 Å². The minimum Gasteiger partial charge on any atom is -0.491 e. The van der Waals surface area contributed by atoms with E-state index in [4.69, 9.17) is 4.74 Å². The predicted octanol–water partition coefficient (Wildman–Crippen LogP) is 5.14. The van der Waals surface area contributed by atoms with Crippen molar-refractivity contribution in [2.75, 3.05) is 6.54 Å². The van der Waals surface area contributed by atoms with Crippen LogP contribution in [-0.2, 0) is 11.2 Å². The molecule has 0 spiro atoms. The maximum absolute atomic E-state index is 12.6. The van der Waals surface area contributed by atoms with Gasteiger partial charge in [0.2, 0.25) is 0 Å². The van der Waals surface area contributed by atoms with Crippen molar-refractivity contribution >= 4 is 29.0 Å². The molecule has 0 saturated carbocycles. The lowest BCUT2D eigenvalue weighted by Gasteiger charge is -2.12. The van der Waals surface area contributed by atoms with Crippen LogP contribution in [0, 0.1) is 0 Å². The fourth-order valence-electron chi connectivity index (χ4n) is 2.69. The van der Waals surface area contributed by atoms with E-state index in [9.17, 15) is 9.59 Å². The van der Waals surface area contributed by atoms with Crippen LogP contribution in [-0.4, -0.2) is 28.7 Å². The second-order valence-electron chi connectivity index (χ2n) is 6.47. The number of carbonyl (C=O) groups excluding carboxylic acids is 2. The molecule has 0 unspecified atom stereocenters. The number of thioether (sulfide) groups is 1. The normalized spacial score (nSPS) is 16.8. The van der Waals surface area contributed by atoms with E-state index in [-0.39, 0.29) is 17.3 Å². The summed E-state index contributed by atoms with van der Waals surface area (Å²) in [6.07, 6.45) is 3.53. The number of hydrogen-bond donors (Lipinski definition) is 0. The van der Waals surface area contributed by atoms with E-state index < -0.39 is 0 Å². The first kappa shape index (κ1) is 19.2. The van der Waals surface area contributed by atoms with Crippen molar-refractivity contribution in [1.82, 2.24) is 4.90 Å². The van der Waals surface area contributed by atoms with Crippen LogP contribution in [0.15, 0.2) is 59.5 Å². The van der Waals surface area contributed by atoms with Gasteiger partial charge in [0.1, 0.15) is 5.75 Å². The molecule has 1 fully saturated rings. The van der Waals surface area contributed by atoms with Crippen molar-refractivity contribution in [1.29, 1.82) is 0 Å². The number of nitrogens with zero attached hydrogens (tertiary/aromatic N) is 1. The van der Waals surface area contributed by atoms with Gasteiger partial charge in [-0.2, -0.15) is 0 Å². The zero-order valence-electron chi connectivity index (χ0n) is 15.6. The quantitative estimate of drug-likeness (QED) is 0.623. The average Bonchev–Trinajstić information content (AvgIpc) is 2.95. The van der Waals surface area contributed by atoms with E-state index in [1.165, 1.54) is 4.90 Å². The Hall–Kier alpha value is -2.53. The van der Waals surface area contributed by atoms with Gasteiger partial charge in [-0.15, -0.1) is 0 Å². The molecule has 5 heteroatoms. The van der Waals surface area contributed by atoms with Gasteiger partial charge in [0, 0.05) is 6.54 Å². The van der Waals surface area contributed by atoms with E-state index in [0.717, 1.165) is 35.1 Å². The number of benzene rings is 2. The zero-order chi connectivity index (χ0) is 19.2. The molecule has 1 aliphatic rings. The Bertz CT molecular complexity index is 830. The maximum Gasteiger partial charge on any atom is 0.293 e. The third-order valence-electron chi connectivity index (χ3n) is 4.43. The van der Waals surface area contributed by atoms with Gasteiger partial charge in [-0.05, 0) is 60.9 Å². The Morgan fingerprint density at radius 3 is 2.44 bits per heavy atom. The van der Waals surface area contributed by atoms with Gasteiger partial charge in [-0.3, -0.25) is 14.5 Å². The number of ether oxygens (including phenoxy) is 1. The molecule has 1 aliphatic heterocycles. The van der Waals surface area contributed by atoms with Crippen molar-refractivity contribution in [2.45, 2.75) is 32.8 Å². The van der Waals surface area contributed by atoms with Crippen LogP contribution >= 0.6 is 11.8 Å². The Balaban J connectivity index is 1.65. The number of rotatable bonds is 7. The average molecular weight is 381 g/mol. The zero-order valence-corrected chi connectivity index (χ0v) is 16.4. The molecule has 0 radical (unpaired) electrons. The smallest absolute Gasteiger partial charge is 0.293 e. The third kappa shape index (κ3) is 5.01. The minimum absolute atomic E-state index is 0.164. The van der Waals surface area contributed by atoms with E-state index >= 15 is 0 Å². The molecule has 140 valence electrons. The third-order valence-corrected chi connectivity index (χ3v) is 5.34. The monoisotopic (exact) mass is 381 g/mol. The van der Waals surface area contributed by atoms with Crippen LogP contribution in [0.2, 0.25) is 0 Å². The molecule has 2 amide bonds. The molecule has 1 saturated heterocycles. The van der Waals surface area contributed by atoms with Gasteiger partial charge >= 0.3 is 0 Å². The molecular formula is C22H23NO3S. The molecule has 4 nitrogen and oxygen atoms in total. The number of carbonyl (C=O) groups is 2. The highest BCUT2D eigenvalue weighted by molar-refractivity contribution is 8.18. The molecule has 2 aromatic rings. The molecular weight excluding hydrogens is 358 g/mol. The standard InChI is InChI=1S/C22H23NO3S/c1-3-16(2)26-19-11-9-18(10-12-19)15-20-21(24)23(22(25)27-20)14-13-17-7-5-4-6-8-17/h4-12,15-16H,3,13-14H2,1-2H3/b20-15-/t16-/m1/s1. The van der Waals surface area contributed by atoms with Crippen molar-refractivity contribution in [3.8, 4) is 5.75 Å². The van der Waals surface area contributed by atoms with E-state index in [2.05, 4.69) is 6.92 Å². The topological polar surface area (TPSA) is 46.6 Å². The van der Waals surface area contributed by atoms with Gasteiger partial charge in [0.15, 0.2) is 0 Å². The lowest BCUT2D eigenvalue weighted by Crippen LogP contribution is -2.30. The van der Waals surface area contributed by atoms with Crippen molar-refractivity contribution in [2.24, 2.45) is 0 Å². The van der Waals surface area contributed by atoms with Crippen LogP contribution in [0.3, 0.4) is 0 Å². The van der Waals surface area contributed by atoms with Gasteiger partial charge in [0.25, 0.3) is 11.1 Å². The number of imide groups is 1. The molecule has 1 heterocycles. The molecule has 0 bridgehead atoms. The highest BCUT2D eigenvalue weighted by Gasteiger charge is 2.34. The second-order valence-corrected chi connectivity index (χ2v) is 7.47. The molecule has 0 N–H and O–H groups in total. The summed E-state index contributed by atoms with van der Waals surface area (Å²) >= 11 is 0.998. The van der Waals surface area contributed by atoms with Crippen LogP contribution in [0.25, 0.3) is 6.08 Å². The molecule has 0 aromatic heterocycles. The number of hydrogen-bond acceptors (Lipinski definition) is 4. The summed E-state index contributed by atoms with van der Waals surface area (Å²) in [5.74, 6) is 0.582. The predicted molar refractivity (Wildman–Crippen MR) is 110 cm³/mol. The Labute approximate surface area is 164 Å². The molecule has 1 atom stereocenters. The first-order chi connectivity index (χ1) is 13.1. The molecule has 0 aliphatic carbocycles. The summed E-state index contributed by atoms with van der Waals surface area (Å²) in [5.41, 5.74) is 1.98. The highest BCUT2D eigenvalue weighted by atomic mass is 32.2. The van der Waals surface area contributed by atoms with Crippen LogP contribution in [0.1, 0.15) is 31.4 Å². The molecule has 3 rings (SSSR count). The molecule has 2 aromatic carbocycles. The lowest BCUT2D eigenvalue weighted by molar-refractivity contribution is -0.122. The van der Waals surface area contributed by atoms with E-state index in [1.807, 2.05) is 61.5 Å². The fourth-order valence-corrected chi connectivity index (χ4v) is 3.55. The first-order valence-corrected chi connectivity index (χ1v) is 9.94. The Kier molecular flexibility index (Phi) is 6.35. The minimum atomic E-state index is -0.221. The van der Waals surface area contributed by atoms with Crippen molar-refractivity contribution < 1.29 is 14.3 Å². The maximum atomic E-state index is 12.6. The van der Waals surface area contributed by atoms with Crippen molar-refractivity contribution in [3.05, 3.63) is 70.6 Å². The SMILES string of the molecule is CC[C@@H](C)Oc1ccc(/C=C2\SC(=O)N(CCc3ccccc3)C2=O)cc1. The summed E-state index contributed by atoms with van der Waals surface area (Å²) in [6.45, 7) is 4.50. The van der Waals surface area contributed by atoms with E-state index in [1.54, 1.807) is 6.08 Å². The van der Waals surface area contributed by atoms with Crippen LogP contribution < -0.4 is 4.74 Å². The highest BCUT2D eigenvalue weighted by Crippen LogP contribution is 2.32. The summed E-state index contributed by atoms with van der Waals surface area (Å²) < 4.78 is 5.76. The fraction of sp³-hybridized carbons (Fsp3) is 0.273. The molecule has 27 heavy (non-hydrogen) atoms. The van der Waals surface area contributed by atoms with Gasteiger partial charge in [0.05, 0.1) is 11.0 Å². The van der Waals surface area contributed by atoms with E-state index in [0.29, 0.717) is 17.9 Å². The van der Waals surface area contributed by atoms with Crippen molar-refractivity contribution in [3.63, 3.8) is 0 Å². The largest absolute Gasteiger partial charge is 0.491 e. The van der Waals surface area contributed by atoms with Crippen LogP contribution in [0.4, 0.5) is 4.79 Å². The summed E-state index contributed by atoms with van der Waals surface area (Å²) in [7, 11) is 0. The van der Waals surface area contributed by atoms with Gasteiger partial charge in [-0.25, -0.2) is 0 Å². The summed E-state index contributed by atoms with van der Waals surface area (Å²) in [6, 6.07) is 17.4. The summed E-state index contributed by atoms with van der Waals surface area (Å²) in [5, 5.41) is -0.209. The Morgan fingerprint density at radius 1 is 1.07 bits per heavy atom. The summed E-state index contributed by atoms with van der Waals surface area (Å²) in [4.78, 5) is 26.6. The Morgan fingerprint density at radius 2 is 1.78 bits per heavy atom. The number of amides is 2.